The molecule has 0 N–H and O–H groups in total. The second-order valence-corrected chi connectivity index (χ2v) is 6.56. The molecule has 1 aliphatic heterocycles. The topological polar surface area (TPSA) is 58.7 Å². The van der Waals surface area contributed by atoms with E-state index in [0.717, 1.165) is 22.2 Å². The number of hydrogen-bond acceptors (Lipinski definition) is 3. The number of nitriles is 1. The van der Waals surface area contributed by atoms with Gasteiger partial charge in [0, 0.05) is 17.0 Å². The van der Waals surface area contributed by atoms with Gasteiger partial charge in [0.05, 0.1) is 17.1 Å². The zero-order chi connectivity index (χ0) is 17.6. The van der Waals surface area contributed by atoms with E-state index >= 15 is 0 Å². The smallest absolute Gasteiger partial charge is 0.260 e. The standard InChI is InChI=1S/C20H14ClN3O/c1-12-15(10-13-6-8-14(21)9-7-13)20(25)24-18-5-3-2-4-17(18)23-19(24)16(12)11-22/h2-9,16H,10H2,1H3/t16-/m0/s1. The lowest BCUT2D eigenvalue weighted by Crippen LogP contribution is -2.26. The molecule has 25 heavy (non-hydrogen) atoms. The van der Waals surface area contributed by atoms with Crippen LogP contribution in [-0.2, 0) is 6.42 Å². The van der Waals surface area contributed by atoms with Crippen molar-refractivity contribution < 1.29 is 4.79 Å². The lowest BCUT2D eigenvalue weighted by molar-refractivity contribution is 0.0947. The second-order valence-electron chi connectivity index (χ2n) is 6.13. The highest BCUT2D eigenvalue weighted by Gasteiger charge is 2.34. The number of carbonyl (C=O) groups excluding carboxylic acids is 1. The van der Waals surface area contributed by atoms with Gasteiger partial charge < -0.3 is 0 Å². The average Bonchev–Trinajstić information content (AvgIpc) is 3.00. The van der Waals surface area contributed by atoms with E-state index in [1.165, 1.54) is 0 Å². The number of aromatic nitrogens is 2. The molecule has 1 aliphatic rings. The van der Waals surface area contributed by atoms with Crippen LogP contribution in [0.3, 0.4) is 0 Å². The summed E-state index contributed by atoms with van der Waals surface area (Å²) in [7, 11) is 0. The number of para-hydroxylation sites is 2. The highest BCUT2D eigenvalue weighted by molar-refractivity contribution is 6.30. The number of imidazole rings is 1. The Morgan fingerprint density at radius 2 is 1.92 bits per heavy atom. The minimum atomic E-state index is -0.521. The molecule has 0 spiro atoms. The van der Waals surface area contributed by atoms with Gasteiger partial charge in [-0.05, 0) is 42.3 Å². The maximum Gasteiger partial charge on any atom is 0.260 e. The molecule has 3 aromatic rings. The predicted molar refractivity (Wildman–Crippen MR) is 96.6 cm³/mol. The van der Waals surface area contributed by atoms with Crippen molar-refractivity contribution in [2.24, 2.45) is 0 Å². The van der Waals surface area contributed by atoms with Gasteiger partial charge in [-0.1, -0.05) is 35.9 Å². The van der Waals surface area contributed by atoms with Crippen molar-refractivity contribution in [1.82, 2.24) is 9.55 Å². The summed E-state index contributed by atoms with van der Waals surface area (Å²) in [5.41, 5.74) is 3.86. The third kappa shape index (κ3) is 2.45. The quantitative estimate of drug-likeness (QED) is 0.685. The summed E-state index contributed by atoms with van der Waals surface area (Å²) in [6, 6.07) is 17.2. The van der Waals surface area contributed by atoms with E-state index in [0.29, 0.717) is 22.8 Å². The Morgan fingerprint density at radius 3 is 2.64 bits per heavy atom. The number of allylic oxidation sites excluding steroid dienone is 2. The number of halogens is 1. The van der Waals surface area contributed by atoms with E-state index in [2.05, 4.69) is 11.1 Å². The molecule has 0 fully saturated rings. The normalized spacial score (nSPS) is 16.8. The summed E-state index contributed by atoms with van der Waals surface area (Å²) in [5.74, 6) is -0.124. The molecular weight excluding hydrogens is 334 g/mol. The molecule has 1 atom stereocenters. The fraction of sp³-hybridized carbons (Fsp3) is 0.150. The van der Waals surface area contributed by atoms with Crippen LogP contribution in [0.25, 0.3) is 11.0 Å². The molecule has 0 radical (unpaired) electrons. The van der Waals surface area contributed by atoms with E-state index in [4.69, 9.17) is 11.6 Å². The van der Waals surface area contributed by atoms with Gasteiger partial charge in [-0.3, -0.25) is 9.36 Å². The van der Waals surface area contributed by atoms with Gasteiger partial charge >= 0.3 is 0 Å². The number of rotatable bonds is 2. The second kappa shape index (κ2) is 5.87. The van der Waals surface area contributed by atoms with Crippen LogP contribution in [0.4, 0.5) is 0 Å². The molecule has 122 valence electrons. The van der Waals surface area contributed by atoms with E-state index in [1.54, 1.807) is 16.7 Å². The van der Waals surface area contributed by atoms with E-state index < -0.39 is 5.92 Å². The van der Waals surface area contributed by atoms with Gasteiger partial charge in [-0.2, -0.15) is 5.26 Å². The van der Waals surface area contributed by atoms with Gasteiger partial charge in [-0.15, -0.1) is 0 Å². The number of hydrogen-bond donors (Lipinski definition) is 0. The van der Waals surface area contributed by atoms with Gasteiger partial charge in [-0.25, -0.2) is 4.98 Å². The fourth-order valence-corrected chi connectivity index (χ4v) is 3.43. The number of carbonyl (C=O) groups is 1. The lowest BCUT2D eigenvalue weighted by atomic mass is 9.89. The number of fused-ring (bicyclic) bond motifs is 3. The molecule has 5 heteroatoms. The van der Waals surface area contributed by atoms with Crippen LogP contribution >= 0.6 is 11.6 Å². The Bertz CT molecular complexity index is 1070. The summed E-state index contributed by atoms with van der Waals surface area (Å²) in [6.07, 6.45) is 0.464. The van der Waals surface area contributed by atoms with Crippen molar-refractivity contribution in [3.8, 4) is 6.07 Å². The Morgan fingerprint density at radius 1 is 1.20 bits per heavy atom. The van der Waals surface area contributed by atoms with Gasteiger partial charge in [0.1, 0.15) is 11.7 Å². The van der Waals surface area contributed by atoms with E-state index in [9.17, 15) is 10.1 Å². The van der Waals surface area contributed by atoms with Gasteiger partial charge in [0.2, 0.25) is 0 Å². The molecule has 1 aromatic heterocycles. The summed E-state index contributed by atoms with van der Waals surface area (Å²) >= 11 is 5.94. The van der Waals surface area contributed by atoms with Crippen LogP contribution in [0, 0.1) is 11.3 Å². The van der Waals surface area contributed by atoms with Gasteiger partial charge in [0.25, 0.3) is 5.91 Å². The van der Waals surface area contributed by atoms with Crippen LogP contribution in [0.2, 0.25) is 5.02 Å². The maximum absolute atomic E-state index is 13.2. The fourth-order valence-electron chi connectivity index (χ4n) is 3.30. The first-order valence-corrected chi connectivity index (χ1v) is 8.33. The van der Waals surface area contributed by atoms with E-state index in [1.807, 2.05) is 43.3 Å². The molecule has 0 saturated carbocycles. The summed E-state index contributed by atoms with van der Waals surface area (Å²) in [6.45, 7) is 1.85. The predicted octanol–water partition coefficient (Wildman–Crippen LogP) is 4.51. The first-order valence-electron chi connectivity index (χ1n) is 7.96. The minimum Gasteiger partial charge on any atom is -0.269 e. The van der Waals surface area contributed by atoms with Crippen molar-refractivity contribution in [1.29, 1.82) is 5.26 Å². The summed E-state index contributed by atoms with van der Waals surface area (Å²) in [4.78, 5) is 17.7. The Labute approximate surface area is 150 Å². The molecule has 4 nitrogen and oxygen atoms in total. The molecule has 4 rings (SSSR count). The zero-order valence-electron chi connectivity index (χ0n) is 13.5. The van der Waals surface area contributed by atoms with Crippen LogP contribution in [-0.4, -0.2) is 15.5 Å². The van der Waals surface area contributed by atoms with Crippen molar-refractivity contribution >= 4 is 28.5 Å². The third-order valence-corrected chi connectivity index (χ3v) is 4.89. The average molecular weight is 348 g/mol. The Hall–Kier alpha value is -2.90. The van der Waals surface area contributed by atoms with Crippen molar-refractivity contribution in [2.45, 2.75) is 19.3 Å². The Balaban J connectivity index is 1.86. The number of benzene rings is 2. The molecule has 0 unspecified atom stereocenters. The molecular formula is C20H14ClN3O. The Kier molecular flexibility index (Phi) is 3.67. The van der Waals surface area contributed by atoms with Crippen LogP contribution in [0.1, 0.15) is 29.0 Å². The highest BCUT2D eigenvalue weighted by Crippen LogP contribution is 2.35. The zero-order valence-corrected chi connectivity index (χ0v) is 14.3. The largest absolute Gasteiger partial charge is 0.269 e. The summed E-state index contributed by atoms with van der Waals surface area (Å²) in [5, 5.41) is 10.3. The van der Waals surface area contributed by atoms with Crippen LogP contribution < -0.4 is 0 Å². The number of nitrogens with zero attached hydrogens (tertiary/aromatic N) is 3. The van der Waals surface area contributed by atoms with Gasteiger partial charge in [0.15, 0.2) is 0 Å². The molecule has 2 heterocycles. The van der Waals surface area contributed by atoms with Crippen molar-refractivity contribution in [2.75, 3.05) is 0 Å². The molecule has 0 saturated heterocycles. The van der Waals surface area contributed by atoms with Crippen molar-refractivity contribution in [3.05, 3.63) is 76.1 Å². The lowest BCUT2D eigenvalue weighted by Gasteiger charge is -2.23. The maximum atomic E-state index is 13.2. The molecule has 0 amide bonds. The minimum absolute atomic E-state index is 0.109. The third-order valence-electron chi connectivity index (χ3n) is 4.64. The van der Waals surface area contributed by atoms with Crippen LogP contribution in [0.5, 0.6) is 0 Å². The molecule has 0 aliphatic carbocycles. The first-order chi connectivity index (χ1) is 12.1. The highest BCUT2D eigenvalue weighted by atomic mass is 35.5. The van der Waals surface area contributed by atoms with Crippen molar-refractivity contribution in [3.63, 3.8) is 0 Å². The molecule has 0 bridgehead atoms. The van der Waals surface area contributed by atoms with E-state index in [-0.39, 0.29) is 5.91 Å². The molecule has 2 aromatic carbocycles. The van der Waals surface area contributed by atoms with Crippen LogP contribution in [0.15, 0.2) is 59.7 Å². The summed E-state index contributed by atoms with van der Waals surface area (Å²) < 4.78 is 1.58. The monoisotopic (exact) mass is 347 g/mol. The SMILES string of the molecule is CC1=C(Cc2ccc(Cl)cc2)C(=O)n2c(nc3ccccc32)[C@H]1C#N. The first kappa shape index (κ1) is 15.6.